The van der Waals surface area contributed by atoms with Crippen molar-refractivity contribution in [3.05, 3.63) is 0 Å². The van der Waals surface area contributed by atoms with Gasteiger partial charge in [0.25, 0.3) is 0 Å². The van der Waals surface area contributed by atoms with Crippen molar-refractivity contribution in [2.75, 3.05) is 13.2 Å². The van der Waals surface area contributed by atoms with Gasteiger partial charge in [0, 0.05) is 5.25 Å². The van der Waals surface area contributed by atoms with Crippen molar-refractivity contribution in [2.45, 2.75) is 102 Å². The molecule has 0 saturated carbocycles. The van der Waals surface area contributed by atoms with E-state index in [1.807, 2.05) is 34.6 Å². The van der Waals surface area contributed by atoms with E-state index in [0.29, 0.717) is 13.0 Å². The molecule has 2 saturated heterocycles. The first-order valence-corrected chi connectivity index (χ1v) is 12.9. The predicted octanol–water partition coefficient (Wildman–Crippen LogP) is 2.12. The number of aliphatic hydroxyl groups is 1. The van der Waals surface area contributed by atoms with Gasteiger partial charge in [0.1, 0.15) is 18.3 Å². The van der Waals surface area contributed by atoms with Crippen molar-refractivity contribution < 1.29 is 38.0 Å². The van der Waals surface area contributed by atoms with E-state index in [-0.39, 0.29) is 36.3 Å². The molecule has 0 aromatic rings. The lowest BCUT2D eigenvalue weighted by molar-refractivity contribution is -0.193. The van der Waals surface area contributed by atoms with Gasteiger partial charge < -0.3 is 33.5 Å². The Kier molecular flexibility index (Phi) is 9.26. The van der Waals surface area contributed by atoms with Crippen LogP contribution in [0, 0.1) is 0 Å². The van der Waals surface area contributed by atoms with Gasteiger partial charge in [0.05, 0.1) is 43.7 Å². The summed E-state index contributed by atoms with van der Waals surface area (Å²) in [7, 11) is 0. The van der Waals surface area contributed by atoms with Gasteiger partial charge in [-0.25, -0.2) is 0 Å². The molecule has 2 aliphatic heterocycles. The number of hydrogen-bond acceptors (Lipinski definition) is 9. The zero-order valence-electron chi connectivity index (χ0n) is 17.5. The van der Waals surface area contributed by atoms with Crippen LogP contribution in [0.15, 0.2) is 0 Å². The summed E-state index contributed by atoms with van der Waals surface area (Å²) in [5.41, 5.74) is 0. The van der Waals surface area contributed by atoms with Crippen LogP contribution in [0.4, 0.5) is 0 Å². The highest BCUT2D eigenvalue weighted by atomic mass is 32.7. The minimum atomic E-state index is -4.19. The zero-order chi connectivity index (χ0) is 21.1. The lowest BCUT2D eigenvalue weighted by Gasteiger charge is -2.30. The fourth-order valence-electron chi connectivity index (χ4n) is 3.36. The standard InChI is InChI=1S/C18H35O8PS/c1-10(2)22-8-14-16(7-12(5)25-14)28-27(20,21)23-9-15-18(24-11(3)4)17(19)13(6)26-15/h10-19H,7-9H2,1-6H3,(H,20,21)/p-1/t12-,13-,14+,15+,16?,17?,18?/m0/s1. The summed E-state index contributed by atoms with van der Waals surface area (Å²) in [6.07, 6.45) is -2.33. The third-order valence-electron chi connectivity index (χ3n) is 4.64. The fourth-order valence-corrected chi connectivity index (χ4v) is 6.75. The van der Waals surface area contributed by atoms with Crippen molar-refractivity contribution in [1.29, 1.82) is 0 Å². The topological polar surface area (TPSA) is 107 Å². The number of hydrogen-bond donors (Lipinski definition) is 1. The first-order chi connectivity index (χ1) is 13.0. The van der Waals surface area contributed by atoms with Gasteiger partial charge in [0.2, 0.25) is 0 Å². The quantitative estimate of drug-likeness (QED) is 0.510. The molecule has 166 valence electrons. The zero-order valence-corrected chi connectivity index (χ0v) is 19.2. The molecule has 28 heavy (non-hydrogen) atoms. The van der Waals surface area contributed by atoms with E-state index in [0.717, 1.165) is 11.4 Å². The highest BCUT2D eigenvalue weighted by molar-refractivity contribution is 8.54. The van der Waals surface area contributed by atoms with E-state index in [1.165, 1.54) is 0 Å². The molecule has 0 aliphatic carbocycles. The van der Waals surface area contributed by atoms with Crippen LogP contribution in [0.25, 0.3) is 0 Å². The van der Waals surface area contributed by atoms with E-state index < -0.39 is 31.2 Å². The summed E-state index contributed by atoms with van der Waals surface area (Å²) in [5, 5.41) is 9.96. The molecule has 0 spiro atoms. The van der Waals surface area contributed by atoms with Crippen LogP contribution in [0.3, 0.4) is 0 Å². The number of ether oxygens (including phenoxy) is 4. The molecule has 0 aromatic heterocycles. The fraction of sp³-hybridized carbons (Fsp3) is 1.00. The molecule has 4 unspecified atom stereocenters. The van der Waals surface area contributed by atoms with Gasteiger partial charge in [-0.15, -0.1) is 0 Å². The summed E-state index contributed by atoms with van der Waals surface area (Å²) < 4.78 is 40.5. The van der Waals surface area contributed by atoms with E-state index >= 15 is 0 Å². The molecule has 2 aliphatic rings. The molecule has 2 rings (SSSR count). The number of rotatable bonds is 10. The molecule has 10 heteroatoms. The average molecular weight is 442 g/mol. The first-order valence-electron chi connectivity index (χ1n) is 9.88. The van der Waals surface area contributed by atoms with E-state index in [2.05, 4.69) is 0 Å². The number of aliphatic hydroxyl groups excluding tert-OH is 1. The van der Waals surface area contributed by atoms with Gasteiger partial charge in [-0.2, -0.15) is 0 Å². The summed E-state index contributed by atoms with van der Waals surface area (Å²) in [6, 6.07) is 0. The Morgan fingerprint density at radius 2 is 1.82 bits per heavy atom. The molecule has 8 atom stereocenters. The minimum absolute atomic E-state index is 0.0313. The molecule has 0 amide bonds. The Hall–Kier alpha value is 0.300. The van der Waals surface area contributed by atoms with Crippen LogP contribution in [0.5, 0.6) is 0 Å². The van der Waals surface area contributed by atoms with Crippen LogP contribution in [-0.4, -0.2) is 72.4 Å². The van der Waals surface area contributed by atoms with Crippen molar-refractivity contribution in [1.82, 2.24) is 0 Å². The van der Waals surface area contributed by atoms with Crippen molar-refractivity contribution >= 4 is 18.2 Å². The maximum absolute atomic E-state index is 12.5. The van der Waals surface area contributed by atoms with E-state index in [1.54, 1.807) is 6.92 Å². The average Bonchev–Trinajstić information content (AvgIpc) is 3.04. The summed E-state index contributed by atoms with van der Waals surface area (Å²) in [4.78, 5) is 12.5. The Balaban J connectivity index is 1.90. The molecule has 8 nitrogen and oxygen atoms in total. The van der Waals surface area contributed by atoms with Gasteiger partial charge in [-0.3, -0.25) is 4.57 Å². The smallest absolute Gasteiger partial charge is 0.192 e. The Bertz CT molecular complexity index is 534. The normalized spacial score (nSPS) is 38.4. The van der Waals surface area contributed by atoms with Crippen LogP contribution in [0.2, 0.25) is 0 Å². The van der Waals surface area contributed by atoms with Gasteiger partial charge in [0.15, 0.2) is 6.80 Å². The molecular weight excluding hydrogens is 407 g/mol. The second kappa shape index (κ2) is 10.6. The van der Waals surface area contributed by atoms with Crippen LogP contribution in [-0.2, 0) is 28.0 Å². The summed E-state index contributed by atoms with van der Waals surface area (Å²) >= 11 is 0.787. The molecule has 1 N–H and O–H groups in total. The molecule has 2 heterocycles. The third kappa shape index (κ3) is 7.22. The lowest BCUT2D eigenvalue weighted by Crippen LogP contribution is -2.38. The predicted molar refractivity (Wildman–Crippen MR) is 105 cm³/mol. The van der Waals surface area contributed by atoms with Gasteiger partial charge in [-0.1, -0.05) is 11.4 Å². The van der Waals surface area contributed by atoms with Gasteiger partial charge in [-0.05, 0) is 48.0 Å². The Morgan fingerprint density at radius 3 is 2.43 bits per heavy atom. The Morgan fingerprint density at radius 1 is 1.14 bits per heavy atom. The monoisotopic (exact) mass is 441 g/mol. The van der Waals surface area contributed by atoms with Crippen molar-refractivity contribution in [2.24, 2.45) is 0 Å². The minimum Gasteiger partial charge on any atom is -0.770 e. The first kappa shape index (κ1) is 24.6. The largest absolute Gasteiger partial charge is 0.770 e. The molecule has 2 fully saturated rings. The lowest BCUT2D eigenvalue weighted by atomic mass is 10.1. The van der Waals surface area contributed by atoms with Crippen molar-refractivity contribution in [3.63, 3.8) is 0 Å². The molecular formula is C18H34O8PS-. The van der Waals surface area contributed by atoms with E-state index in [4.69, 9.17) is 23.5 Å². The Labute approximate surface area is 171 Å². The second-order valence-corrected chi connectivity index (χ2v) is 12.0. The SMILES string of the molecule is CC(C)OC[C@H]1O[C@@H](C)CC1SP(=O)([O-])OC[C@H]1O[C@@H](C)C(O)C1OC(C)C. The summed E-state index contributed by atoms with van der Waals surface area (Å²) in [6.45, 7) is 7.16. The van der Waals surface area contributed by atoms with Crippen LogP contribution >= 0.6 is 18.2 Å². The molecule has 0 bridgehead atoms. The second-order valence-electron chi connectivity index (χ2n) is 8.01. The third-order valence-corrected chi connectivity index (χ3v) is 8.04. The van der Waals surface area contributed by atoms with Crippen molar-refractivity contribution in [3.8, 4) is 0 Å². The molecule has 0 radical (unpaired) electrons. The van der Waals surface area contributed by atoms with Crippen LogP contribution < -0.4 is 4.89 Å². The summed E-state index contributed by atoms with van der Waals surface area (Å²) in [5.74, 6) is 0. The maximum Gasteiger partial charge on any atom is 0.192 e. The molecule has 0 aromatic carbocycles. The van der Waals surface area contributed by atoms with Gasteiger partial charge >= 0.3 is 0 Å². The highest BCUT2D eigenvalue weighted by Crippen LogP contribution is 2.57. The van der Waals surface area contributed by atoms with E-state index in [9.17, 15) is 14.6 Å². The highest BCUT2D eigenvalue weighted by Gasteiger charge is 2.43. The van der Waals surface area contributed by atoms with Crippen LogP contribution in [0.1, 0.15) is 48.0 Å². The maximum atomic E-state index is 12.5.